The second kappa shape index (κ2) is 6.88. The van der Waals surface area contributed by atoms with E-state index >= 15 is 0 Å². The first-order valence-corrected chi connectivity index (χ1v) is 9.42. The van der Waals surface area contributed by atoms with E-state index in [4.69, 9.17) is 11.6 Å². The van der Waals surface area contributed by atoms with Gasteiger partial charge in [0.05, 0.1) is 11.5 Å². The molecule has 2 amide bonds. The number of nitrogens with one attached hydrogen (secondary N) is 1. The molecule has 1 unspecified atom stereocenters. The molecule has 1 aliphatic rings. The fraction of sp³-hybridized carbons (Fsp3) is 0.467. The molecule has 1 fully saturated rings. The molecule has 0 radical (unpaired) electrons. The lowest BCUT2D eigenvalue weighted by molar-refractivity contribution is -0.123. The van der Waals surface area contributed by atoms with Crippen LogP contribution in [0.4, 0.5) is 5.69 Å². The first kappa shape index (κ1) is 17.7. The van der Waals surface area contributed by atoms with Gasteiger partial charge in [-0.1, -0.05) is 17.7 Å². The molecule has 1 atom stereocenters. The van der Waals surface area contributed by atoms with Crippen LogP contribution in [0.25, 0.3) is 0 Å². The molecule has 0 bridgehead atoms. The Hall–Kier alpha value is -1.60. The summed E-state index contributed by atoms with van der Waals surface area (Å²) < 4.78 is 22.8. The van der Waals surface area contributed by atoms with E-state index in [0.717, 1.165) is 5.56 Å². The van der Waals surface area contributed by atoms with Crippen LogP contribution in [-0.2, 0) is 19.4 Å². The summed E-state index contributed by atoms with van der Waals surface area (Å²) in [7, 11) is -3.06. The molecule has 0 saturated carbocycles. The van der Waals surface area contributed by atoms with Crippen molar-refractivity contribution in [3.8, 4) is 0 Å². The average Bonchev–Trinajstić information content (AvgIpc) is 2.78. The van der Waals surface area contributed by atoms with Crippen molar-refractivity contribution in [3.05, 3.63) is 28.8 Å². The highest BCUT2D eigenvalue weighted by Gasteiger charge is 2.29. The van der Waals surface area contributed by atoms with E-state index in [9.17, 15) is 18.0 Å². The van der Waals surface area contributed by atoms with Crippen molar-refractivity contribution in [3.63, 3.8) is 0 Å². The summed E-state index contributed by atoms with van der Waals surface area (Å²) in [5.74, 6) is -0.644. The third-order valence-corrected chi connectivity index (χ3v) is 5.92. The SMILES string of the molecule is CC(=O)N(CC(=O)NC1CCS(=O)(=O)C1)c1ccc(C)c(Cl)c1. The lowest BCUT2D eigenvalue weighted by atomic mass is 10.2. The van der Waals surface area contributed by atoms with Crippen molar-refractivity contribution < 1.29 is 18.0 Å². The number of anilines is 1. The van der Waals surface area contributed by atoms with E-state index in [-0.39, 0.29) is 35.9 Å². The summed E-state index contributed by atoms with van der Waals surface area (Å²) in [6, 6.07) is 4.74. The minimum atomic E-state index is -3.06. The molecule has 126 valence electrons. The lowest BCUT2D eigenvalue weighted by Gasteiger charge is -2.22. The number of hydrogen-bond donors (Lipinski definition) is 1. The van der Waals surface area contributed by atoms with Gasteiger partial charge in [0.2, 0.25) is 11.8 Å². The van der Waals surface area contributed by atoms with E-state index in [1.54, 1.807) is 18.2 Å². The van der Waals surface area contributed by atoms with Gasteiger partial charge in [0.15, 0.2) is 9.84 Å². The fourth-order valence-electron chi connectivity index (χ4n) is 2.46. The first-order valence-electron chi connectivity index (χ1n) is 7.22. The zero-order valence-electron chi connectivity index (χ0n) is 13.0. The molecule has 1 heterocycles. The molecule has 1 aliphatic heterocycles. The number of nitrogens with zero attached hydrogens (tertiary/aromatic N) is 1. The van der Waals surface area contributed by atoms with Gasteiger partial charge in [-0.2, -0.15) is 0 Å². The molecule has 1 aromatic carbocycles. The Labute approximate surface area is 140 Å². The number of carbonyl (C=O) groups excluding carboxylic acids is 2. The van der Waals surface area contributed by atoms with Crippen LogP contribution in [0, 0.1) is 6.92 Å². The number of amides is 2. The van der Waals surface area contributed by atoms with Gasteiger partial charge in [0.25, 0.3) is 0 Å². The van der Waals surface area contributed by atoms with E-state index in [1.165, 1.54) is 11.8 Å². The Kier molecular flexibility index (Phi) is 5.31. The topological polar surface area (TPSA) is 83.6 Å². The van der Waals surface area contributed by atoms with Gasteiger partial charge >= 0.3 is 0 Å². The van der Waals surface area contributed by atoms with Crippen molar-refractivity contribution in [1.29, 1.82) is 0 Å². The maximum Gasteiger partial charge on any atom is 0.240 e. The highest BCUT2D eigenvalue weighted by atomic mass is 35.5. The Morgan fingerprint density at radius 1 is 1.39 bits per heavy atom. The zero-order chi connectivity index (χ0) is 17.2. The maximum absolute atomic E-state index is 12.1. The van der Waals surface area contributed by atoms with Crippen molar-refractivity contribution in [1.82, 2.24) is 5.32 Å². The summed E-state index contributed by atoms with van der Waals surface area (Å²) in [5.41, 5.74) is 1.40. The van der Waals surface area contributed by atoms with Crippen LogP contribution < -0.4 is 10.2 Å². The summed E-state index contributed by atoms with van der Waals surface area (Å²) in [4.78, 5) is 25.3. The van der Waals surface area contributed by atoms with E-state index in [0.29, 0.717) is 17.1 Å². The Morgan fingerprint density at radius 2 is 2.09 bits per heavy atom. The van der Waals surface area contributed by atoms with Crippen molar-refractivity contribution >= 4 is 38.9 Å². The second-order valence-corrected chi connectivity index (χ2v) is 8.34. The first-order chi connectivity index (χ1) is 10.7. The quantitative estimate of drug-likeness (QED) is 0.879. The molecule has 1 aromatic rings. The Morgan fingerprint density at radius 3 is 2.61 bits per heavy atom. The van der Waals surface area contributed by atoms with E-state index < -0.39 is 9.84 Å². The van der Waals surface area contributed by atoms with Gasteiger partial charge in [0.1, 0.15) is 6.54 Å². The zero-order valence-corrected chi connectivity index (χ0v) is 14.6. The predicted molar refractivity (Wildman–Crippen MR) is 89.4 cm³/mol. The van der Waals surface area contributed by atoms with Crippen LogP contribution in [0.15, 0.2) is 18.2 Å². The monoisotopic (exact) mass is 358 g/mol. The maximum atomic E-state index is 12.1. The van der Waals surface area contributed by atoms with Gasteiger partial charge in [0, 0.05) is 23.7 Å². The molecule has 0 aliphatic carbocycles. The highest BCUT2D eigenvalue weighted by Crippen LogP contribution is 2.23. The van der Waals surface area contributed by atoms with Gasteiger partial charge in [-0.25, -0.2) is 8.42 Å². The number of sulfone groups is 1. The van der Waals surface area contributed by atoms with Crippen LogP contribution in [0.5, 0.6) is 0 Å². The number of rotatable bonds is 4. The van der Waals surface area contributed by atoms with Crippen LogP contribution in [0.1, 0.15) is 18.9 Å². The molecular weight excluding hydrogens is 340 g/mol. The third kappa shape index (κ3) is 4.68. The Bertz CT molecular complexity index is 733. The average molecular weight is 359 g/mol. The molecule has 1 N–H and O–H groups in total. The molecule has 1 saturated heterocycles. The van der Waals surface area contributed by atoms with Gasteiger partial charge in [-0.15, -0.1) is 0 Å². The predicted octanol–water partition coefficient (Wildman–Crippen LogP) is 1.30. The van der Waals surface area contributed by atoms with Gasteiger partial charge in [-0.3, -0.25) is 9.59 Å². The summed E-state index contributed by atoms with van der Waals surface area (Å²) in [6.07, 6.45) is 0.407. The van der Waals surface area contributed by atoms with Crippen LogP contribution in [-0.4, -0.2) is 44.3 Å². The summed E-state index contributed by atoms with van der Waals surface area (Å²) in [6.45, 7) is 3.03. The Balaban J connectivity index is 2.06. The normalized spacial score (nSPS) is 19.3. The minimum absolute atomic E-state index is 0.0465. The molecule has 2 rings (SSSR count). The molecule has 23 heavy (non-hydrogen) atoms. The second-order valence-electron chi connectivity index (χ2n) is 5.71. The number of carbonyl (C=O) groups is 2. The van der Waals surface area contributed by atoms with Crippen LogP contribution in [0.2, 0.25) is 5.02 Å². The van der Waals surface area contributed by atoms with E-state index in [1.807, 2.05) is 6.92 Å². The molecule has 6 nitrogen and oxygen atoms in total. The summed E-state index contributed by atoms with van der Waals surface area (Å²) >= 11 is 6.06. The summed E-state index contributed by atoms with van der Waals surface area (Å²) in [5, 5.41) is 3.18. The van der Waals surface area contributed by atoms with Gasteiger partial charge in [-0.05, 0) is 31.0 Å². The minimum Gasteiger partial charge on any atom is -0.351 e. The number of benzene rings is 1. The van der Waals surface area contributed by atoms with Crippen molar-refractivity contribution in [2.45, 2.75) is 26.3 Å². The molecule has 0 aromatic heterocycles. The van der Waals surface area contributed by atoms with Crippen LogP contribution >= 0.6 is 11.6 Å². The number of hydrogen-bond acceptors (Lipinski definition) is 4. The lowest BCUT2D eigenvalue weighted by Crippen LogP contribution is -2.44. The third-order valence-electron chi connectivity index (χ3n) is 3.75. The standard InChI is InChI=1S/C15H19ClN2O4S/c1-10-3-4-13(7-14(10)16)18(11(2)19)8-15(20)17-12-5-6-23(21,22)9-12/h3-4,7,12H,5-6,8-9H2,1-2H3,(H,17,20). The fourth-order valence-corrected chi connectivity index (χ4v) is 4.31. The van der Waals surface area contributed by atoms with Gasteiger partial charge < -0.3 is 10.2 Å². The van der Waals surface area contributed by atoms with E-state index in [2.05, 4.69) is 5.32 Å². The molecule has 8 heteroatoms. The number of halogens is 1. The number of aryl methyl sites for hydroxylation is 1. The van der Waals surface area contributed by atoms with Crippen LogP contribution in [0.3, 0.4) is 0 Å². The largest absolute Gasteiger partial charge is 0.351 e. The van der Waals surface area contributed by atoms with Crippen molar-refractivity contribution in [2.24, 2.45) is 0 Å². The molecule has 0 spiro atoms. The smallest absolute Gasteiger partial charge is 0.240 e. The molecular formula is C15H19ClN2O4S. The van der Waals surface area contributed by atoms with Crippen molar-refractivity contribution in [2.75, 3.05) is 23.0 Å². The highest BCUT2D eigenvalue weighted by molar-refractivity contribution is 7.91.